The minimum atomic E-state index is -0.294. The molecule has 2 aromatic carbocycles. The summed E-state index contributed by atoms with van der Waals surface area (Å²) in [5.41, 5.74) is 1.31. The number of benzene rings is 2. The van der Waals surface area contributed by atoms with Crippen molar-refractivity contribution in [3.63, 3.8) is 0 Å². The Labute approximate surface area is 165 Å². The minimum Gasteiger partial charge on any atom is -0.274 e. The lowest BCUT2D eigenvalue weighted by molar-refractivity contribution is -0.129. The first-order chi connectivity index (χ1) is 13.6. The van der Waals surface area contributed by atoms with Crippen LogP contribution in [0.1, 0.15) is 12.0 Å². The number of fused-ring (bicyclic) bond motifs is 1. The Hall–Kier alpha value is -3.00. The van der Waals surface area contributed by atoms with Crippen molar-refractivity contribution in [3.05, 3.63) is 70.5 Å². The quantitative estimate of drug-likeness (QED) is 0.661. The van der Waals surface area contributed by atoms with Gasteiger partial charge in [0.1, 0.15) is 5.52 Å². The number of rotatable bonds is 5. The third kappa shape index (κ3) is 3.68. The van der Waals surface area contributed by atoms with E-state index in [1.54, 1.807) is 24.3 Å². The average Bonchev–Trinajstić information content (AvgIpc) is 3.08. The Balaban J connectivity index is 1.47. The van der Waals surface area contributed by atoms with Crippen molar-refractivity contribution >= 4 is 33.8 Å². The summed E-state index contributed by atoms with van der Waals surface area (Å²) in [6.45, 7) is 0.0853. The molecule has 7 nitrogen and oxygen atoms in total. The molecular formula is C20H18N4O3S. The highest BCUT2D eigenvalue weighted by molar-refractivity contribution is 8.14. The highest BCUT2D eigenvalue weighted by atomic mass is 32.2. The molecule has 0 N–H and O–H groups in total. The standard InChI is InChI=1S/C20H18N4O3S/c25-18(10-11-23-19(26)16-8-4-5-9-17(16)21-22-23)24-15(13-28-20(24)27)12-14-6-2-1-3-7-14/h1-9,15H,10-13H2/t15-/m0/s1. The van der Waals surface area contributed by atoms with E-state index in [0.717, 1.165) is 17.3 Å². The van der Waals surface area contributed by atoms with E-state index in [1.807, 2.05) is 30.3 Å². The highest BCUT2D eigenvalue weighted by Gasteiger charge is 2.36. The smallest absolute Gasteiger partial charge is 0.274 e. The molecule has 0 unspecified atom stereocenters. The van der Waals surface area contributed by atoms with Crippen LogP contribution < -0.4 is 5.56 Å². The van der Waals surface area contributed by atoms with Crippen LogP contribution in [0.2, 0.25) is 0 Å². The van der Waals surface area contributed by atoms with Gasteiger partial charge in [-0.05, 0) is 24.1 Å². The van der Waals surface area contributed by atoms with Crippen molar-refractivity contribution < 1.29 is 9.59 Å². The fraction of sp³-hybridized carbons (Fsp3) is 0.250. The van der Waals surface area contributed by atoms with Gasteiger partial charge in [-0.1, -0.05) is 59.4 Å². The molecule has 2 amide bonds. The molecule has 0 radical (unpaired) electrons. The number of carbonyl (C=O) groups excluding carboxylic acids is 2. The van der Waals surface area contributed by atoms with Gasteiger partial charge >= 0.3 is 0 Å². The van der Waals surface area contributed by atoms with Crippen LogP contribution in [0.25, 0.3) is 10.9 Å². The molecular weight excluding hydrogens is 376 g/mol. The first kappa shape index (κ1) is 18.4. The van der Waals surface area contributed by atoms with Crippen molar-refractivity contribution in [2.24, 2.45) is 0 Å². The van der Waals surface area contributed by atoms with Crippen LogP contribution in [0.15, 0.2) is 59.4 Å². The summed E-state index contributed by atoms with van der Waals surface area (Å²) < 4.78 is 1.18. The topological polar surface area (TPSA) is 85.2 Å². The molecule has 1 aromatic heterocycles. The van der Waals surface area contributed by atoms with Gasteiger partial charge in [0, 0.05) is 12.2 Å². The number of hydrogen-bond acceptors (Lipinski definition) is 6. The molecule has 4 rings (SSSR count). The second-order valence-corrected chi connectivity index (χ2v) is 7.54. The second-order valence-electron chi connectivity index (χ2n) is 6.57. The molecule has 0 saturated carbocycles. The molecule has 1 fully saturated rings. The SMILES string of the molecule is O=C(CCn1nnc2ccccc2c1=O)N1C(=O)SC[C@@H]1Cc1ccccc1. The van der Waals surface area contributed by atoms with Crippen molar-refractivity contribution in [1.82, 2.24) is 19.9 Å². The number of hydrogen-bond donors (Lipinski definition) is 0. The zero-order valence-electron chi connectivity index (χ0n) is 15.0. The maximum absolute atomic E-state index is 12.7. The van der Waals surface area contributed by atoms with E-state index in [2.05, 4.69) is 10.3 Å². The molecule has 8 heteroatoms. The maximum Gasteiger partial charge on any atom is 0.288 e. The number of carbonyl (C=O) groups is 2. The van der Waals surface area contributed by atoms with E-state index >= 15 is 0 Å². The number of aryl methyl sites for hydroxylation is 1. The van der Waals surface area contributed by atoms with Crippen LogP contribution in [0.3, 0.4) is 0 Å². The third-order valence-corrected chi connectivity index (χ3v) is 5.71. The maximum atomic E-state index is 12.7. The summed E-state index contributed by atoms with van der Waals surface area (Å²) in [6, 6.07) is 16.6. The van der Waals surface area contributed by atoms with Gasteiger partial charge in [0.15, 0.2) is 0 Å². The second kappa shape index (κ2) is 7.93. The Kier molecular flexibility index (Phi) is 5.21. The van der Waals surface area contributed by atoms with Crippen LogP contribution in [0, 0.1) is 0 Å². The summed E-state index contributed by atoms with van der Waals surface area (Å²) in [4.78, 5) is 38.8. The normalized spacial score (nSPS) is 16.6. The Morgan fingerprint density at radius 1 is 1.07 bits per heavy atom. The molecule has 1 atom stereocenters. The number of aromatic nitrogens is 3. The molecule has 0 spiro atoms. The Bertz CT molecular complexity index is 1080. The van der Waals surface area contributed by atoms with E-state index < -0.39 is 0 Å². The van der Waals surface area contributed by atoms with Crippen LogP contribution in [-0.4, -0.2) is 42.8 Å². The van der Waals surface area contributed by atoms with Crippen LogP contribution >= 0.6 is 11.8 Å². The predicted octanol–water partition coefficient (Wildman–Crippen LogP) is 2.49. The van der Waals surface area contributed by atoms with Crippen molar-refractivity contribution in [1.29, 1.82) is 0 Å². The molecule has 1 aliphatic heterocycles. The monoisotopic (exact) mass is 394 g/mol. The number of nitrogens with zero attached hydrogens (tertiary/aromatic N) is 4. The lowest BCUT2D eigenvalue weighted by atomic mass is 10.1. The van der Waals surface area contributed by atoms with E-state index in [9.17, 15) is 14.4 Å². The van der Waals surface area contributed by atoms with E-state index in [-0.39, 0.29) is 35.7 Å². The molecule has 1 aliphatic rings. The molecule has 28 heavy (non-hydrogen) atoms. The summed E-state index contributed by atoms with van der Waals surface area (Å²) >= 11 is 1.16. The van der Waals surface area contributed by atoms with E-state index in [4.69, 9.17) is 0 Å². The lowest BCUT2D eigenvalue weighted by Crippen LogP contribution is -2.40. The van der Waals surface area contributed by atoms with Gasteiger partial charge in [0.25, 0.3) is 10.8 Å². The van der Waals surface area contributed by atoms with Gasteiger partial charge in [-0.2, -0.15) is 0 Å². The van der Waals surface area contributed by atoms with Gasteiger partial charge in [-0.3, -0.25) is 19.3 Å². The predicted molar refractivity (Wildman–Crippen MR) is 107 cm³/mol. The van der Waals surface area contributed by atoms with Gasteiger partial charge in [-0.15, -0.1) is 5.10 Å². The summed E-state index contributed by atoms with van der Waals surface area (Å²) in [7, 11) is 0. The molecule has 0 aliphatic carbocycles. The third-order valence-electron chi connectivity index (χ3n) is 4.71. The highest BCUT2D eigenvalue weighted by Crippen LogP contribution is 2.27. The molecule has 142 valence electrons. The van der Waals surface area contributed by atoms with Crippen molar-refractivity contribution in [2.45, 2.75) is 25.4 Å². The van der Waals surface area contributed by atoms with E-state index in [0.29, 0.717) is 23.1 Å². The average molecular weight is 394 g/mol. The van der Waals surface area contributed by atoms with Gasteiger partial charge in [-0.25, -0.2) is 4.68 Å². The zero-order valence-corrected chi connectivity index (χ0v) is 15.8. The summed E-state index contributed by atoms with van der Waals surface area (Å²) in [5, 5.41) is 8.15. The zero-order chi connectivity index (χ0) is 19.5. The Morgan fingerprint density at radius 2 is 1.82 bits per heavy atom. The largest absolute Gasteiger partial charge is 0.288 e. The van der Waals surface area contributed by atoms with Crippen LogP contribution in [0.5, 0.6) is 0 Å². The van der Waals surface area contributed by atoms with Gasteiger partial charge < -0.3 is 0 Å². The fourth-order valence-corrected chi connectivity index (χ4v) is 4.29. The number of amides is 2. The van der Waals surface area contributed by atoms with Crippen molar-refractivity contribution in [3.8, 4) is 0 Å². The first-order valence-corrected chi connectivity index (χ1v) is 9.97. The van der Waals surface area contributed by atoms with Crippen LogP contribution in [-0.2, 0) is 17.8 Å². The van der Waals surface area contributed by atoms with E-state index in [1.165, 1.54) is 9.58 Å². The van der Waals surface area contributed by atoms with Crippen molar-refractivity contribution in [2.75, 3.05) is 5.75 Å². The summed E-state index contributed by atoms with van der Waals surface area (Å²) in [6.07, 6.45) is 0.644. The van der Waals surface area contributed by atoms with Gasteiger partial charge in [0.05, 0.1) is 18.0 Å². The molecule has 2 heterocycles. The van der Waals surface area contributed by atoms with Gasteiger partial charge in [0.2, 0.25) is 5.91 Å². The fourth-order valence-electron chi connectivity index (χ4n) is 3.29. The summed E-state index contributed by atoms with van der Waals surface area (Å²) in [5.74, 6) is 0.285. The molecule has 1 saturated heterocycles. The number of imide groups is 1. The Morgan fingerprint density at radius 3 is 2.64 bits per heavy atom. The minimum absolute atomic E-state index is 0.0184. The lowest BCUT2D eigenvalue weighted by Gasteiger charge is -2.22. The van der Waals surface area contributed by atoms with Crippen LogP contribution in [0.4, 0.5) is 4.79 Å². The molecule has 3 aromatic rings. The number of thioether (sulfide) groups is 1. The molecule has 0 bridgehead atoms. The first-order valence-electron chi connectivity index (χ1n) is 8.99.